The Labute approximate surface area is 65.6 Å². The second kappa shape index (κ2) is 4.63. The molecule has 1 fully saturated rings. The van der Waals surface area contributed by atoms with Gasteiger partial charge >= 0.3 is 0 Å². The molecule has 0 aromatic carbocycles. The molecule has 0 aromatic heterocycles. The van der Waals surface area contributed by atoms with Crippen LogP contribution in [0.5, 0.6) is 0 Å². The van der Waals surface area contributed by atoms with Crippen LogP contribution in [0, 0.1) is 0 Å². The minimum absolute atomic E-state index is 0.374. The lowest BCUT2D eigenvalue weighted by Gasteiger charge is -1.93. The molecule has 0 aliphatic carbocycles. The molecule has 1 atom stereocenters. The fraction of sp³-hybridized carbons (Fsp3) is 0.714. The van der Waals surface area contributed by atoms with Crippen molar-refractivity contribution in [3.63, 3.8) is 0 Å². The fourth-order valence-electron chi connectivity index (χ4n) is 0.531. The van der Waals surface area contributed by atoms with Crippen molar-refractivity contribution in [3.05, 3.63) is 12.3 Å². The number of hydrogen-bond acceptors (Lipinski definition) is 3. The summed E-state index contributed by atoms with van der Waals surface area (Å²) < 4.78 is 10.1. The molecule has 0 radical (unpaired) electrons. The summed E-state index contributed by atoms with van der Waals surface area (Å²) in [5.74, 6) is 1.02. The van der Waals surface area contributed by atoms with E-state index in [0.717, 1.165) is 12.4 Å². The predicted octanol–water partition coefficient (Wildman–Crippen LogP) is 1.28. The van der Waals surface area contributed by atoms with Crippen LogP contribution in [-0.2, 0) is 9.47 Å². The van der Waals surface area contributed by atoms with E-state index in [1.165, 1.54) is 0 Å². The van der Waals surface area contributed by atoms with Crippen molar-refractivity contribution in [2.75, 3.05) is 25.2 Å². The second-order valence-electron chi connectivity index (χ2n) is 2.12. The first kappa shape index (κ1) is 7.95. The second-order valence-corrected chi connectivity index (χ2v) is 3.03. The van der Waals surface area contributed by atoms with Gasteiger partial charge in [-0.15, -0.1) is 0 Å². The summed E-state index contributed by atoms with van der Waals surface area (Å²) in [5, 5.41) is 0. The Morgan fingerprint density at radius 2 is 2.60 bits per heavy atom. The quantitative estimate of drug-likeness (QED) is 0.446. The molecule has 0 aromatic rings. The Balaban J connectivity index is 1.83. The maximum atomic E-state index is 5.14. The zero-order chi connectivity index (χ0) is 7.23. The van der Waals surface area contributed by atoms with E-state index in [1.54, 1.807) is 18.0 Å². The third kappa shape index (κ3) is 3.80. The minimum atomic E-state index is 0.374. The van der Waals surface area contributed by atoms with Crippen LogP contribution in [-0.4, -0.2) is 31.3 Å². The van der Waals surface area contributed by atoms with Crippen LogP contribution in [0.15, 0.2) is 12.3 Å². The molecular formula is C7H12O2S. The highest BCUT2D eigenvalue weighted by atomic mass is 32.2. The molecule has 1 saturated heterocycles. The highest BCUT2D eigenvalue weighted by Gasteiger charge is 2.22. The summed E-state index contributed by atoms with van der Waals surface area (Å²) in [6.07, 6.45) is 6.19. The zero-order valence-corrected chi connectivity index (χ0v) is 6.89. The Kier molecular flexibility index (Phi) is 3.68. The van der Waals surface area contributed by atoms with Crippen LogP contribution >= 0.6 is 11.8 Å². The van der Waals surface area contributed by atoms with Gasteiger partial charge in [0.1, 0.15) is 12.7 Å². The van der Waals surface area contributed by atoms with Gasteiger partial charge in [0.15, 0.2) is 0 Å². The molecule has 0 bridgehead atoms. The van der Waals surface area contributed by atoms with Crippen molar-refractivity contribution >= 4 is 11.8 Å². The average Bonchev–Trinajstić information content (AvgIpc) is 2.71. The van der Waals surface area contributed by atoms with Gasteiger partial charge in [-0.1, -0.05) is 0 Å². The van der Waals surface area contributed by atoms with Gasteiger partial charge in [0.05, 0.1) is 12.9 Å². The SMILES string of the molecule is CSC/C=C\OCC1CO1. The molecule has 1 rings (SSSR count). The van der Waals surface area contributed by atoms with Gasteiger partial charge < -0.3 is 9.47 Å². The minimum Gasteiger partial charge on any atom is -0.499 e. The first-order chi connectivity index (χ1) is 4.93. The molecule has 0 amide bonds. The van der Waals surface area contributed by atoms with Crippen molar-refractivity contribution in [2.24, 2.45) is 0 Å². The maximum absolute atomic E-state index is 5.14. The molecule has 0 saturated carbocycles. The van der Waals surface area contributed by atoms with Gasteiger partial charge in [-0.2, -0.15) is 11.8 Å². The van der Waals surface area contributed by atoms with Gasteiger partial charge in [0.25, 0.3) is 0 Å². The van der Waals surface area contributed by atoms with Crippen molar-refractivity contribution in [1.82, 2.24) is 0 Å². The molecule has 1 unspecified atom stereocenters. The van der Waals surface area contributed by atoms with Crippen LogP contribution in [0.1, 0.15) is 0 Å². The van der Waals surface area contributed by atoms with E-state index in [-0.39, 0.29) is 0 Å². The lowest BCUT2D eigenvalue weighted by Crippen LogP contribution is -1.95. The molecule has 10 heavy (non-hydrogen) atoms. The summed E-state index contributed by atoms with van der Waals surface area (Å²) >= 11 is 1.78. The molecule has 1 aliphatic heterocycles. The third-order valence-corrected chi connectivity index (χ3v) is 1.67. The van der Waals surface area contributed by atoms with Gasteiger partial charge in [-0.25, -0.2) is 0 Å². The van der Waals surface area contributed by atoms with E-state index in [0.29, 0.717) is 12.7 Å². The number of rotatable bonds is 5. The van der Waals surface area contributed by atoms with Crippen LogP contribution in [0.4, 0.5) is 0 Å². The standard InChI is InChI=1S/C7H12O2S/c1-10-4-2-3-8-5-7-6-9-7/h2-3,7H,4-6H2,1H3/b3-2-. The Hall–Kier alpha value is -0.150. The smallest absolute Gasteiger partial charge is 0.116 e. The molecule has 3 heteroatoms. The predicted molar refractivity (Wildman–Crippen MR) is 43.2 cm³/mol. The lowest BCUT2D eigenvalue weighted by molar-refractivity contribution is 0.212. The summed E-state index contributed by atoms with van der Waals surface area (Å²) in [6, 6.07) is 0. The van der Waals surface area contributed by atoms with Crippen molar-refractivity contribution in [3.8, 4) is 0 Å². The molecular weight excluding hydrogens is 148 g/mol. The largest absolute Gasteiger partial charge is 0.499 e. The van der Waals surface area contributed by atoms with E-state index in [2.05, 4.69) is 6.26 Å². The summed E-state index contributed by atoms with van der Waals surface area (Å²) in [5.41, 5.74) is 0. The third-order valence-electron chi connectivity index (χ3n) is 1.14. The lowest BCUT2D eigenvalue weighted by atomic mass is 10.5. The number of epoxide rings is 1. The molecule has 2 nitrogen and oxygen atoms in total. The monoisotopic (exact) mass is 160 g/mol. The van der Waals surface area contributed by atoms with Gasteiger partial charge in [-0.3, -0.25) is 0 Å². The topological polar surface area (TPSA) is 21.8 Å². The molecule has 1 heterocycles. The summed E-state index contributed by atoms with van der Waals surface area (Å²) in [7, 11) is 0. The van der Waals surface area contributed by atoms with E-state index in [4.69, 9.17) is 9.47 Å². The first-order valence-electron chi connectivity index (χ1n) is 3.30. The summed E-state index contributed by atoms with van der Waals surface area (Å²) in [4.78, 5) is 0. The number of thioether (sulfide) groups is 1. The Bertz CT molecular complexity index is 110. The average molecular weight is 160 g/mol. The zero-order valence-electron chi connectivity index (χ0n) is 6.08. The van der Waals surface area contributed by atoms with Crippen LogP contribution < -0.4 is 0 Å². The van der Waals surface area contributed by atoms with Gasteiger partial charge in [-0.05, 0) is 12.3 Å². The number of hydrogen-bond donors (Lipinski definition) is 0. The normalized spacial score (nSPS) is 23.5. The van der Waals surface area contributed by atoms with E-state index in [9.17, 15) is 0 Å². The van der Waals surface area contributed by atoms with Crippen molar-refractivity contribution in [2.45, 2.75) is 6.10 Å². The van der Waals surface area contributed by atoms with Crippen LogP contribution in [0.3, 0.4) is 0 Å². The van der Waals surface area contributed by atoms with E-state index >= 15 is 0 Å². The fourth-order valence-corrected chi connectivity index (χ4v) is 0.802. The van der Waals surface area contributed by atoms with Gasteiger partial charge in [0.2, 0.25) is 0 Å². The highest BCUT2D eigenvalue weighted by Crippen LogP contribution is 2.08. The van der Waals surface area contributed by atoms with Crippen LogP contribution in [0.2, 0.25) is 0 Å². The van der Waals surface area contributed by atoms with E-state index in [1.807, 2.05) is 6.08 Å². The highest BCUT2D eigenvalue weighted by molar-refractivity contribution is 7.98. The Morgan fingerprint density at radius 3 is 3.20 bits per heavy atom. The first-order valence-corrected chi connectivity index (χ1v) is 4.70. The van der Waals surface area contributed by atoms with Crippen molar-refractivity contribution in [1.29, 1.82) is 0 Å². The van der Waals surface area contributed by atoms with Gasteiger partial charge in [0, 0.05) is 5.75 Å². The Morgan fingerprint density at radius 1 is 1.80 bits per heavy atom. The molecule has 0 spiro atoms. The maximum Gasteiger partial charge on any atom is 0.116 e. The van der Waals surface area contributed by atoms with Crippen molar-refractivity contribution < 1.29 is 9.47 Å². The molecule has 58 valence electrons. The molecule has 1 aliphatic rings. The number of ether oxygens (including phenoxy) is 2. The molecule has 0 N–H and O–H groups in total. The van der Waals surface area contributed by atoms with Crippen LogP contribution in [0.25, 0.3) is 0 Å². The van der Waals surface area contributed by atoms with E-state index < -0.39 is 0 Å². The summed E-state index contributed by atoms with van der Waals surface area (Å²) in [6.45, 7) is 1.58.